The molecule has 0 aliphatic rings. The SMILES string of the molecule is CCOc1ccc(NC(=O)c2cnn3c(C(F)F)cc(C)nc23)cc1. The Morgan fingerprint density at radius 3 is 2.68 bits per heavy atom. The van der Waals surface area contributed by atoms with Crippen LogP contribution in [0.1, 0.15) is 35.1 Å². The predicted octanol–water partition coefficient (Wildman–Crippen LogP) is 3.63. The number of benzene rings is 1. The van der Waals surface area contributed by atoms with Gasteiger partial charge >= 0.3 is 0 Å². The van der Waals surface area contributed by atoms with E-state index in [1.807, 2.05) is 6.92 Å². The quantitative estimate of drug-likeness (QED) is 0.766. The summed E-state index contributed by atoms with van der Waals surface area (Å²) in [5.74, 6) is 0.216. The van der Waals surface area contributed by atoms with Gasteiger partial charge in [-0.2, -0.15) is 5.10 Å². The minimum atomic E-state index is -2.72. The normalized spacial score (nSPS) is 11.1. The molecular weight excluding hydrogens is 330 g/mol. The molecule has 0 aliphatic heterocycles. The molecule has 0 radical (unpaired) electrons. The fraction of sp³-hybridized carbons (Fsp3) is 0.235. The number of rotatable bonds is 5. The lowest BCUT2D eigenvalue weighted by Gasteiger charge is -2.07. The molecule has 0 saturated heterocycles. The van der Waals surface area contributed by atoms with Crippen molar-refractivity contribution in [1.82, 2.24) is 14.6 Å². The van der Waals surface area contributed by atoms with Crippen LogP contribution in [0.4, 0.5) is 14.5 Å². The Hall–Kier alpha value is -3.03. The molecule has 130 valence electrons. The Morgan fingerprint density at radius 1 is 1.32 bits per heavy atom. The second-order valence-corrected chi connectivity index (χ2v) is 5.33. The number of nitrogens with one attached hydrogen (secondary N) is 1. The maximum absolute atomic E-state index is 13.1. The van der Waals surface area contributed by atoms with Crippen LogP contribution < -0.4 is 10.1 Å². The molecular formula is C17H16F2N4O2. The molecule has 25 heavy (non-hydrogen) atoms. The van der Waals surface area contributed by atoms with Gasteiger partial charge in [0.1, 0.15) is 17.0 Å². The van der Waals surface area contributed by atoms with Crippen molar-refractivity contribution in [3.63, 3.8) is 0 Å². The van der Waals surface area contributed by atoms with Crippen LogP contribution in [0.3, 0.4) is 0 Å². The number of fused-ring (bicyclic) bond motifs is 1. The molecule has 0 bridgehead atoms. The van der Waals surface area contributed by atoms with Crippen LogP contribution in [0.15, 0.2) is 36.5 Å². The summed E-state index contributed by atoms with van der Waals surface area (Å²) in [4.78, 5) is 16.6. The van der Waals surface area contributed by atoms with Crippen molar-refractivity contribution in [1.29, 1.82) is 0 Å². The molecule has 0 unspecified atom stereocenters. The number of ether oxygens (including phenoxy) is 1. The molecule has 3 rings (SSSR count). The molecule has 2 aromatic heterocycles. The van der Waals surface area contributed by atoms with Crippen molar-refractivity contribution in [2.24, 2.45) is 0 Å². The summed E-state index contributed by atoms with van der Waals surface area (Å²) in [5.41, 5.74) is 0.855. The van der Waals surface area contributed by atoms with Crippen LogP contribution in [0, 0.1) is 6.92 Å². The molecule has 8 heteroatoms. The first-order chi connectivity index (χ1) is 12.0. The van der Waals surface area contributed by atoms with E-state index in [4.69, 9.17) is 4.74 Å². The van der Waals surface area contributed by atoms with Gasteiger partial charge in [-0.05, 0) is 44.2 Å². The third kappa shape index (κ3) is 3.42. The van der Waals surface area contributed by atoms with E-state index < -0.39 is 12.3 Å². The lowest BCUT2D eigenvalue weighted by Crippen LogP contribution is -2.12. The van der Waals surface area contributed by atoms with Crippen molar-refractivity contribution in [2.75, 3.05) is 11.9 Å². The summed E-state index contributed by atoms with van der Waals surface area (Å²) in [6.07, 6.45) is -1.48. The first kappa shape index (κ1) is 16.8. The van der Waals surface area contributed by atoms with Crippen molar-refractivity contribution in [2.45, 2.75) is 20.3 Å². The highest BCUT2D eigenvalue weighted by Crippen LogP contribution is 2.22. The first-order valence-electron chi connectivity index (χ1n) is 7.67. The topological polar surface area (TPSA) is 68.5 Å². The van der Waals surface area contributed by atoms with Crippen molar-refractivity contribution in [3.8, 4) is 5.75 Å². The van der Waals surface area contributed by atoms with Gasteiger partial charge in [-0.3, -0.25) is 4.79 Å². The Bertz CT molecular complexity index is 907. The van der Waals surface area contributed by atoms with E-state index in [-0.39, 0.29) is 16.9 Å². The van der Waals surface area contributed by atoms with Gasteiger partial charge in [-0.25, -0.2) is 18.3 Å². The smallest absolute Gasteiger partial charge is 0.280 e. The minimum absolute atomic E-state index is 0.0961. The van der Waals surface area contributed by atoms with E-state index in [1.54, 1.807) is 31.2 Å². The first-order valence-corrected chi connectivity index (χ1v) is 7.67. The lowest BCUT2D eigenvalue weighted by molar-refractivity contribution is 0.102. The minimum Gasteiger partial charge on any atom is -0.494 e. The zero-order chi connectivity index (χ0) is 18.0. The third-order valence-corrected chi connectivity index (χ3v) is 3.52. The van der Waals surface area contributed by atoms with Gasteiger partial charge in [0.25, 0.3) is 12.3 Å². The molecule has 1 N–H and O–H groups in total. The average Bonchev–Trinajstić information content (AvgIpc) is 2.99. The maximum atomic E-state index is 13.1. The monoisotopic (exact) mass is 346 g/mol. The summed E-state index contributed by atoms with van der Waals surface area (Å²) in [6.45, 7) is 4.02. The van der Waals surface area contributed by atoms with Crippen molar-refractivity contribution < 1.29 is 18.3 Å². The number of amides is 1. The Balaban J connectivity index is 1.89. The standard InChI is InChI=1S/C17H16F2N4O2/c1-3-25-12-6-4-11(5-7-12)22-17(24)13-9-20-23-14(15(18)19)8-10(2)21-16(13)23/h4-9,15H,3H2,1-2H3,(H,22,24). The van der Waals surface area contributed by atoms with E-state index in [0.29, 0.717) is 23.7 Å². The number of halogens is 2. The molecule has 3 aromatic rings. The van der Waals surface area contributed by atoms with Gasteiger partial charge < -0.3 is 10.1 Å². The third-order valence-electron chi connectivity index (χ3n) is 3.52. The van der Waals surface area contributed by atoms with Crippen molar-refractivity contribution in [3.05, 3.63) is 53.5 Å². The van der Waals surface area contributed by atoms with Gasteiger partial charge in [0.05, 0.1) is 12.8 Å². The molecule has 0 spiro atoms. The molecule has 0 fully saturated rings. The Kier molecular flexibility index (Phi) is 4.60. The molecule has 0 saturated carbocycles. The number of carbonyl (C=O) groups is 1. The van der Waals surface area contributed by atoms with Crippen LogP contribution in [-0.4, -0.2) is 27.1 Å². The maximum Gasteiger partial charge on any atom is 0.280 e. The summed E-state index contributed by atoms with van der Waals surface area (Å²) >= 11 is 0. The van der Waals surface area contributed by atoms with E-state index in [9.17, 15) is 13.6 Å². The fourth-order valence-corrected chi connectivity index (χ4v) is 2.43. The summed E-state index contributed by atoms with van der Waals surface area (Å²) in [6, 6.07) is 8.09. The lowest BCUT2D eigenvalue weighted by atomic mass is 10.2. The number of aryl methyl sites for hydroxylation is 1. The molecule has 1 aromatic carbocycles. The average molecular weight is 346 g/mol. The van der Waals surface area contributed by atoms with Crippen LogP contribution in [0.2, 0.25) is 0 Å². The molecule has 0 aliphatic carbocycles. The van der Waals surface area contributed by atoms with Gasteiger partial charge in [0.2, 0.25) is 0 Å². The van der Waals surface area contributed by atoms with Crippen LogP contribution >= 0.6 is 0 Å². The van der Waals surface area contributed by atoms with Crippen LogP contribution in [0.5, 0.6) is 5.75 Å². The zero-order valence-electron chi connectivity index (χ0n) is 13.7. The summed E-state index contributed by atoms with van der Waals surface area (Å²) in [7, 11) is 0. The fourth-order valence-electron chi connectivity index (χ4n) is 2.43. The van der Waals surface area contributed by atoms with Crippen LogP contribution in [-0.2, 0) is 0 Å². The Labute approximate surface area is 142 Å². The predicted molar refractivity (Wildman–Crippen MR) is 88.2 cm³/mol. The number of carbonyl (C=O) groups excluding carboxylic acids is 1. The number of aromatic nitrogens is 3. The van der Waals surface area contributed by atoms with E-state index in [1.165, 1.54) is 12.3 Å². The van der Waals surface area contributed by atoms with E-state index >= 15 is 0 Å². The van der Waals surface area contributed by atoms with Crippen LogP contribution in [0.25, 0.3) is 5.65 Å². The number of anilines is 1. The molecule has 0 atom stereocenters. The van der Waals surface area contributed by atoms with E-state index in [0.717, 1.165) is 4.52 Å². The second-order valence-electron chi connectivity index (χ2n) is 5.33. The molecule has 2 heterocycles. The van der Waals surface area contributed by atoms with Gasteiger partial charge in [0, 0.05) is 11.4 Å². The number of hydrogen-bond acceptors (Lipinski definition) is 4. The van der Waals surface area contributed by atoms with E-state index in [2.05, 4.69) is 15.4 Å². The molecule has 6 nitrogen and oxygen atoms in total. The van der Waals surface area contributed by atoms with Crippen molar-refractivity contribution >= 4 is 17.2 Å². The second kappa shape index (κ2) is 6.84. The highest BCUT2D eigenvalue weighted by atomic mass is 19.3. The number of alkyl halides is 2. The molecule has 1 amide bonds. The van der Waals surface area contributed by atoms with Gasteiger partial charge in [-0.1, -0.05) is 0 Å². The number of nitrogens with zero attached hydrogens (tertiary/aromatic N) is 3. The largest absolute Gasteiger partial charge is 0.494 e. The van der Waals surface area contributed by atoms with Gasteiger partial charge in [0.15, 0.2) is 5.65 Å². The van der Waals surface area contributed by atoms with Gasteiger partial charge in [-0.15, -0.1) is 0 Å². The zero-order valence-corrected chi connectivity index (χ0v) is 13.7. The summed E-state index contributed by atoms with van der Waals surface area (Å²) in [5, 5.41) is 6.57. The number of hydrogen-bond donors (Lipinski definition) is 1. The Morgan fingerprint density at radius 2 is 2.04 bits per heavy atom. The highest BCUT2D eigenvalue weighted by Gasteiger charge is 2.20. The highest BCUT2D eigenvalue weighted by molar-refractivity contribution is 6.08. The summed E-state index contributed by atoms with van der Waals surface area (Å²) < 4.78 is 32.6.